The van der Waals surface area contributed by atoms with Crippen LogP contribution >= 0.6 is 0 Å². The fraction of sp³-hybridized carbons (Fsp3) is 1.00. The van der Waals surface area contributed by atoms with Gasteiger partial charge in [0.1, 0.15) is 0 Å². The Bertz CT molecular complexity index is 114. The summed E-state index contributed by atoms with van der Waals surface area (Å²) in [5, 5.41) is 0. The number of piperidine rings is 3. The van der Waals surface area contributed by atoms with Gasteiger partial charge in [-0.15, -0.1) is 0 Å². The molecule has 0 radical (unpaired) electrons. The van der Waals surface area contributed by atoms with Gasteiger partial charge in [-0.05, 0) is 32.1 Å². The molecule has 0 N–H and O–H groups in total. The van der Waals surface area contributed by atoms with Crippen molar-refractivity contribution in [2.24, 2.45) is 5.92 Å². The van der Waals surface area contributed by atoms with E-state index in [1.807, 2.05) is 0 Å². The van der Waals surface area contributed by atoms with Crippen LogP contribution in [0.4, 0.5) is 0 Å². The quantitative estimate of drug-likeness (QED) is 0.432. The molecule has 3 saturated heterocycles. The molecule has 3 rings (SSSR count). The zero-order chi connectivity index (χ0) is 7.03. The molecule has 0 aromatic carbocycles. The minimum Gasteiger partial charge on any atom is -1.00 e. The smallest absolute Gasteiger partial charge is 0.0789 e. The Morgan fingerprint density at radius 2 is 1.55 bits per heavy atom. The molecule has 66 valence electrons. The molecule has 0 aromatic heterocycles. The van der Waals surface area contributed by atoms with E-state index in [0.29, 0.717) is 0 Å². The van der Waals surface area contributed by atoms with Gasteiger partial charge >= 0.3 is 0 Å². The van der Waals surface area contributed by atoms with Gasteiger partial charge in [-0.1, -0.05) is 0 Å². The number of hydrogen-bond acceptors (Lipinski definition) is 0. The standard InChI is InChI=1S/C9H18N.ClH/c1-2-10-6-3-9(4-7-10)5-8-10;/h9H,2-8H2,1H3;1H/q+1;/p-1. The van der Waals surface area contributed by atoms with Crippen LogP contribution in [0, 0.1) is 5.92 Å². The van der Waals surface area contributed by atoms with E-state index in [0.717, 1.165) is 5.92 Å². The van der Waals surface area contributed by atoms with Gasteiger partial charge in [0, 0.05) is 0 Å². The van der Waals surface area contributed by atoms with Crippen molar-refractivity contribution in [3.05, 3.63) is 0 Å². The van der Waals surface area contributed by atoms with E-state index in [1.54, 1.807) is 0 Å². The van der Waals surface area contributed by atoms with E-state index in [1.165, 1.54) is 49.9 Å². The van der Waals surface area contributed by atoms with Gasteiger partial charge in [0.2, 0.25) is 0 Å². The molecule has 2 bridgehead atoms. The van der Waals surface area contributed by atoms with Gasteiger partial charge in [-0.3, -0.25) is 0 Å². The lowest BCUT2D eigenvalue weighted by Crippen LogP contribution is -3.00. The summed E-state index contributed by atoms with van der Waals surface area (Å²) in [6.45, 7) is 8.20. The van der Waals surface area contributed by atoms with Crippen LogP contribution in [0.3, 0.4) is 0 Å². The third-order valence-electron chi connectivity index (χ3n) is 3.71. The molecule has 0 aliphatic carbocycles. The molecule has 11 heavy (non-hydrogen) atoms. The number of fused-ring (bicyclic) bond motifs is 3. The van der Waals surface area contributed by atoms with Crippen LogP contribution in [0.25, 0.3) is 0 Å². The lowest BCUT2D eigenvalue weighted by Gasteiger charge is -2.48. The molecule has 3 aliphatic heterocycles. The van der Waals surface area contributed by atoms with Crippen molar-refractivity contribution in [3.8, 4) is 0 Å². The van der Waals surface area contributed by atoms with Crippen LogP contribution in [-0.2, 0) is 0 Å². The summed E-state index contributed by atoms with van der Waals surface area (Å²) in [5.74, 6) is 1.12. The third-order valence-corrected chi connectivity index (χ3v) is 3.71. The van der Waals surface area contributed by atoms with E-state index in [4.69, 9.17) is 0 Å². The van der Waals surface area contributed by atoms with Crippen molar-refractivity contribution in [2.75, 3.05) is 26.2 Å². The molecule has 1 nitrogen and oxygen atoms in total. The second-order valence-electron chi connectivity index (χ2n) is 4.06. The molecule has 0 unspecified atom stereocenters. The highest BCUT2D eigenvalue weighted by atomic mass is 35.5. The first-order chi connectivity index (χ1) is 4.85. The highest BCUT2D eigenvalue weighted by Crippen LogP contribution is 2.32. The molecule has 3 fully saturated rings. The third kappa shape index (κ3) is 1.54. The molecule has 0 atom stereocenters. The van der Waals surface area contributed by atoms with Crippen LogP contribution < -0.4 is 12.4 Å². The second kappa shape index (κ2) is 3.32. The molecule has 0 amide bonds. The first kappa shape index (κ1) is 9.34. The zero-order valence-corrected chi connectivity index (χ0v) is 8.11. The second-order valence-corrected chi connectivity index (χ2v) is 4.06. The van der Waals surface area contributed by atoms with Crippen LogP contribution in [0.15, 0.2) is 0 Å². The van der Waals surface area contributed by atoms with Crippen LogP contribution in [-0.4, -0.2) is 30.7 Å². The summed E-state index contributed by atoms with van der Waals surface area (Å²) < 4.78 is 1.45. The summed E-state index contributed by atoms with van der Waals surface area (Å²) in [7, 11) is 0. The minimum atomic E-state index is 0. The van der Waals surface area contributed by atoms with Gasteiger partial charge in [0.25, 0.3) is 0 Å². The van der Waals surface area contributed by atoms with Crippen molar-refractivity contribution in [3.63, 3.8) is 0 Å². The summed E-state index contributed by atoms with van der Waals surface area (Å²) >= 11 is 0. The summed E-state index contributed by atoms with van der Waals surface area (Å²) in [4.78, 5) is 0. The Labute approximate surface area is 75.8 Å². The molecule has 0 spiro atoms. The average Bonchev–Trinajstić information content (AvgIpc) is 2.08. The number of quaternary nitrogens is 1. The monoisotopic (exact) mass is 175 g/mol. The zero-order valence-electron chi connectivity index (χ0n) is 7.35. The van der Waals surface area contributed by atoms with E-state index < -0.39 is 0 Å². The van der Waals surface area contributed by atoms with E-state index in [-0.39, 0.29) is 12.4 Å². The van der Waals surface area contributed by atoms with Gasteiger partial charge < -0.3 is 16.9 Å². The SMILES string of the molecule is CC[N+]12CCC(CC1)CC2.[Cl-]. The Kier molecular flexibility index (Phi) is 2.82. The molecular weight excluding hydrogens is 158 g/mol. The first-order valence-electron chi connectivity index (χ1n) is 4.70. The molecule has 2 heteroatoms. The predicted octanol–water partition coefficient (Wildman–Crippen LogP) is -1.36. The van der Waals surface area contributed by atoms with Crippen molar-refractivity contribution in [1.82, 2.24) is 0 Å². The Hall–Kier alpha value is 0.250. The maximum absolute atomic E-state index is 2.35. The van der Waals surface area contributed by atoms with Gasteiger partial charge in [0.05, 0.1) is 26.2 Å². The Balaban J connectivity index is 0.000000605. The van der Waals surface area contributed by atoms with E-state index in [2.05, 4.69) is 6.92 Å². The summed E-state index contributed by atoms with van der Waals surface area (Å²) in [6, 6.07) is 0. The topological polar surface area (TPSA) is 0 Å². The highest BCUT2D eigenvalue weighted by molar-refractivity contribution is 4.70. The maximum Gasteiger partial charge on any atom is 0.0789 e. The first-order valence-corrected chi connectivity index (χ1v) is 4.70. The fourth-order valence-electron chi connectivity index (χ4n) is 2.61. The Morgan fingerprint density at radius 1 is 1.09 bits per heavy atom. The molecule has 0 saturated carbocycles. The summed E-state index contributed by atoms with van der Waals surface area (Å²) in [6.07, 6.45) is 4.57. The van der Waals surface area contributed by atoms with E-state index in [9.17, 15) is 0 Å². The number of rotatable bonds is 1. The normalized spacial score (nSPS) is 41.7. The number of halogens is 1. The fourth-order valence-corrected chi connectivity index (χ4v) is 2.61. The average molecular weight is 176 g/mol. The van der Waals surface area contributed by atoms with Gasteiger partial charge in [-0.25, -0.2) is 0 Å². The lowest BCUT2D eigenvalue weighted by molar-refractivity contribution is -0.941. The van der Waals surface area contributed by atoms with Crippen LogP contribution in [0.1, 0.15) is 26.2 Å². The molecule has 3 heterocycles. The van der Waals surface area contributed by atoms with Crippen LogP contribution in [0.5, 0.6) is 0 Å². The van der Waals surface area contributed by atoms with E-state index >= 15 is 0 Å². The summed E-state index contributed by atoms with van der Waals surface area (Å²) in [5.41, 5.74) is 0. The van der Waals surface area contributed by atoms with Crippen LogP contribution in [0.2, 0.25) is 0 Å². The minimum absolute atomic E-state index is 0. The molecular formula is C9H18ClN. The van der Waals surface area contributed by atoms with Gasteiger partial charge in [-0.2, -0.15) is 0 Å². The molecule has 0 aromatic rings. The van der Waals surface area contributed by atoms with Crippen molar-refractivity contribution < 1.29 is 16.9 Å². The lowest BCUT2D eigenvalue weighted by atomic mass is 9.86. The largest absolute Gasteiger partial charge is 1.00 e. The Morgan fingerprint density at radius 3 is 1.82 bits per heavy atom. The number of nitrogens with zero attached hydrogens (tertiary/aromatic N) is 1. The van der Waals surface area contributed by atoms with Crippen molar-refractivity contribution in [1.29, 1.82) is 0 Å². The maximum atomic E-state index is 2.35. The van der Waals surface area contributed by atoms with Crippen molar-refractivity contribution in [2.45, 2.75) is 26.2 Å². The predicted molar refractivity (Wildman–Crippen MR) is 42.7 cm³/mol. The van der Waals surface area contributed by atoms with Gasteiger partial charge in [0.15, 0.2) is 0 Å². The molecule has 3 aliphatic rings. The number of hydrogen-bond donors (Lipinski definition) is 0. The van der Waals surface area contributed by atoms with Crippen molar-refractivity contribution >= 4 is 0 Å². The highest BCUT2D eigenvalue weighted by Gasteiger charge is 2.37.